The first-order valence-electron chi connectivity index (χ1n) is 11.8. The Bertz CT molecular complexity index is 967. The Balaban J connectivity index is 1.32. The number of halogens is 1. The van der Waals surface area contributed by atoms with Crippen LogP contribution in [-0.2, 0) is 11.4 Å². The predicted octanol–water partition coefficient (Wildman–Crippen LogP) is 4.71. The molecule has 32 heavy (non-hydrogen) atoms. The van der Waals surface area contributed by atoms with E-state index >= 15 is 0 Å². The number of nitrogens with zero attached hydrogens (tertiary/aromatic N) is 4. The molecular formula is C24H31FN4O2S. The summed E-state index contributed by atoms with van der Waals surface area (Å²) in [5.41, 5.74) is 0. The van der Waals surface area contributed by atoms with Crippen LogP contribution in [0.3, 0.4) is 0 Å². The largest absolute Gasteiger partial charge is 0.483 e. The standard InChI is InChI=1S/C24H31FN4O2S/c1-16(19-14-17-8-9-18(19)13-17)29-22(15-31-21-6-3-2-5-20(21)25)26-27-24(29)32-12-11-28-10-4-7-23(28)30/h2-3,5-6,16-19H,4,7-15H2,1H3/t16-,17-,18-,19+/m0/s1. The van der Waals surface area contributed by atoms with E-state index in [0.29, 0.717) is 12.3 Å². The molecule has 8 heteroatoms. The number of carbonyl (C=O) groups excluding carboxylic acids is 1. The van der Waals surface area contributed by atoms with Gasteiger partial charge in [0.15, 0.2) is 22.5 Å². The number of fused-ring (bicyclic) bond motifs is 2. The lowest BCUT2D eigenvalue weighted by Gasteiger charge is -2.30. The maximum absolute atomic E-state index is 14.0. The molecular weight excluding hydrogens is 427 g/mol. The van der Waals surface area contributed by atoms with Crippen LogP contribution in [0.5, 0.6) is 5.75 Å². The van der Waals surface area contributed by atoms with Crippen molar-refractivity contribution in [1.82, 2.24) is 19.7 Å². The van der Waals surface area contributed by atoms with Gasteiger partial charge in [0.25, 0.3) is 0 Å². The van der Waals surface area contributed by atoms with Crippen LogP contribution >= 0.6 is 11.8 Å². The summed E-state index contributed by atoms with van der Waals surface area (Å²) in [5, 5.41) is 9.81. The number of aromatic nitrogens is 3. The summed E-state index contributed by atoms with van der Waals surface area (Å²) < 4.78 is 22.1. The Morgan fingerprint density at radius 3 is 2.84 bits per heavy atom. The molecule has 2 bridgehead atoms. The molecule has 2 heterocycles. The summed E-state index contributed by atoms with van der Waals surface area (Å²) in [6, 6.07) is 6.73. The molecule has 1 saturated heterocycles. The first kappa shape index (κ1) is 21.7. The molecule has 4 atom stereocenters. The van der Waals surface area contributed by atoms with Gasteiger partial charge in [0.1, 0.15) is 6.61 Å². The minimum atomic E-state index is -0.371. The summed E-state index contributed by atoms with van der Waals surface area (Å²) in [6.07, 6.45) is 6.92. The molecule has 1 aromatic heterocycles. The average molecular weight is 459 g/mol. The molecule has 6 nitrogen and oxygen atoms in total. The molecule has 172 valence electrons. The zero-order chi connectivity index (χ0) is 22.1. The van der Waals surface area contributed by atoms with E-state index in [-0.39, 0.29) is 30.1 Å². The summed E-state index contributed by atoms with van der Waals surface area (Å²) in [4.78, 5) is 13.9. The Labute approximate surface area is 192 Å². The van der Waals surface area contributed by atoms with Gasteiger partial charge in [-0.3, -0.25) is 9.36 Å². The lowest BCUT2D eigenvalue weighted by molar-refractivity contribution is -0.127. The Morgan fingerprint density at radius 2 is 2.12 bits per heavy atom. The monoisotopic (exact) mass is 458 g/mol. The Hall–Kier alpha value is -2.09. The smallest absolute Gasteiger partial charge is 0.222 e. The third-order valence-corrected chi connectivity index (χ3v) is 8.44. The van der Waals surface area contributed by atoms with Gasteiger partial charge in [-0.05, 0) is 62.5 Å². The molecule has 2 saturated carbocycles. The SMILES string of the molecule is C[C@@H]([C@H]1C[C@H]2CC[C@H]1C2)n1c(COc2ccccc2F)nnc1SCCN1CCCC1=O. The fourth-order valence-corrected chi connectivity index (χ4v) is 6.88. The van der Waals surface area contributed by atoms with E-state index in [4.69, 9.17) is 4.74 Å². The zero-order valence-corrected chi connectivity index (χ0v) is 19.4. The van der Waals surface area contributed by atoms with Crippen LogP contribution in [0.25, 0.3) is 0 Å². The highest BCUT2D eigenvalue weighted by molar-refractivity contribution is 7.99. The zero-order valence-electron chi connectivity index (χ0n) is 18.6. The second kappa shape index (κ2) is 9.41. The number of amides is 1. The Kier molecular flexibility index (Phi) is 6.40. The second-order valence-electron chi connectivity index (χ2n) is 9.40. The summed E-state index contributed by atoms with van der Waals surface area (Å²) >= 11 is 1.65. The van der Waals surface area contributed by atoms with Crippen LogP contribution in [0.15, 0.2) is 29.4 Å². The number of rotatable bonds is 9. The van der Waals surface area contributed by atoms with Crippen molar-refractivity contribution in [2.75, 3.05) is 18.8 Å². The highest BCUT2D eigenvalue weighted by atomic mass is 32.2. The molecule has 0 spiro atoms. The normalized spacial score (nSPS) is 25.6. The van der Waals surface area contributed by atoms with Gasteiger partial charge in [-0.2, -0.15) is 0 Å². The van der Waals surface area contributed by atoms with Crippen molar-refractivity contribution in [3.05, 3.63) is 35.9 Å². The molecule has 0 N–H and O–H groups in total. The van der Waals surface area contributed by atoms with E-state index < -0.39 is 0 Å². The van der Waals surface area contributed by atoms with Gasteiger partial charge in [0, 0.05) is 31.3 Å². The second-order valence-corrected chi connectivity index (χ2v) is 10.5. The van der Waals surface area contributed by atoms with Crippen LogP contribution in [0.1, 0.15) is 57.3 Å². The van der Waals surface area contributed by atoms with Crippen molar-refractivity contribution >= 4 is 17.7 Å². The minimum Gasteiger partial charge on any atom is -0.483 e. The quantitative estimate of drug-likeness (QED) is 0.510. The number of carbonyl (C=O) groups is 1. The first-order chi connectivity index (χ1) is 15.6. The van der Waals surface area contributed by atoms with Crippen molar-refractivity contribution in [1.29, 1.82) is 0 Å². The molecule has 3 aliphatic rings. The summed E-state index contributed by atoms with van der Waals surface area (Å²) in [7, 11) is 0. The molecule has 1 aromatic carbocycles. The number of likely N-dealkylation sites (tertiary alicyclic amines) is 1. The fourth-order valence-electron chi connectivity index (χ4n) is 5.88. The molecule has 5 rings (SSSR count). The van der Waals surface area contributed by atoms with Crippen LogP contribution in [-0.4, -0.2) is 44.4 Å². The fraction of sp³-hybridized carbons (Fsp3) is 0.625. The maximum Gasteiger partial charge on any atom is 0.222 e. The lowest BCUT2D eigenvalue weighted by atomic mass is 9.84. The molecule has 2 aliphatic carbocycles. The third kappa shape index (κ3) is 4.38. The molecule has 1 aliphatic heterocycles. The van der Waals surface area contributed by atoms with Crippen LogP contribution in [0.4, 0.5) is 4.39 Å². The highest BCUT2D eigenvalue weighted by Gasteiger charge is 2.43. The maximum atomic E-state index is 14.0. The van der Waals surface area contributed by atoms with Gasteiger partial charge in [0.2, 0.25) is 5.91 Å². The molecule has 0 unspecified atom stereocenters. The van der Waals surface area contributed by atoms with E-state index in [0.717, 1.165) is 48.1 Å². The molecule has 3 fully saturated rings. The van der Waals surface area contributed by atoms with Gasteiger partial charge >= 0.3 is 0 Å². The van der Waals surface area contributed by atoms with E-state index in [1.54, 1.807) is 30.0 Å². The van der Waals surface area contributed by atoms with Crippen molar-refractivity contribution < 1.29 is 13.9 Å². The topological polar surface area (TPSA) is 60.2 Å². The van der Waals surface area contributed by atoms with E-state index in [1.165, 1.54) is 31.7 Å². The van der Waals surface area contributed by atoms with Gasteiger partial charge in [-0.1, -0.05) is 30.3 Å². The summed E-state index contributed by atoms with van der Waals surface area (Å²) in [6.45, 7) is 4.05. The summed E-state index contributed by atoms with van der Waals surface area (Å²) in [5.74, 6) is 3.90. The van der Waals surface area contributed by atoms with Crippen molar-refractivity contribution in [3.8, 4) is 5.75 Å². The number of hydrogen-bond donors (Lipinski definition) is 0. The molecule has 2 aromatic rings. The average Bonchev–Trinajstić information content (AvgIpc) is 3.58. The molecule has 0 radical (unpaired) electrons. The van der Waals surface area contributed by atoms with Crippen LogP contribution in [0.2, 0.25) is 0 Å². The predicted molar refractivity (Wildman–Crippen MR) is 121 cm³/mol. The Morgan fingerprint density at radius 1 is 1.25 bits per heavy atom. The number of para-hydroxylation sites is 1. The van der Waals surface area contributed by atoms with Gasteiger partial charge in [-0.25, -0.2) is 4.39 Å². The van der Waals surface area contributed by atoms with Gasteiger partial charge in [-0.15, -0.1) is 10.2 Å². The van der Waals surface area contributed by atoms with E-state index in [1.807, 2.05) is 4.90 Å². The number of thioether (sulfide) groups is 1. The molecule has 1 amide bonds. The van der Waals surface area contributed by atoms with E-state index in [2.05, 4.69) is 21.7 Å². The van der Waals surface area contributed by atoms with E-state index in [9.17, 15) is 9.18 Å². The third-order valence-electron chi connectivity index (χ3n) is 7.51. The van der Waals surface area contributed by atoms with Crippen LogP contribution in [0, 0.1) is 23.6 Å². The number of ether oxygens (including phenoxy) is 1. The highest BCUT2D eigenvalue weighted by Crippen LogP contribution is 2.52. The van der Waals surface area contributed by atoms with Crippen molar-refractivity contribution in [3.63, 3.8) is 0 Å². The van der Waals surface area contributed by atoms with Crippen molar-refractivity contribution in [2.45, 2.75) is 63.3 Å². The van der Waals surface area contributed by atoms with Gasteiger partial charge in [0.05, 0.1) is 0 Å². The number of hydrogen-bond acceptors (Lipinski definition) is 5. The van der Waals surface area contributed by atoms with Crippen molar-refractivity contribution in [2.24, 2.45) is 17.8 Å². The first-order valence-corrected chi connectivity index (χ1v) is 12.8. The van der Waals surface area contributed by atoms with Gasteiger partial charge < -0.3 is 9.64 Å². The lowest BCUT2D eigenvalue weighted by Crippen LogP contribution is -2.27. The van der Waals surface area contributed by atoms with Crippen LogP contribution < -0.4 is 4.74 Å². The number of benzene rings is 1. The minimum absolute atomic E-state index is 0.185.